The van der Waals surface area contributed by atoms with Crippen LogP contribution in [0.2, 0.25) is 0 Å². The minimum absolute atomic E-state index is 0.456. The van der Waals surface area contributed by atoms with E-state index in [-0.39, 0.29) is 0 Å². The van der Waals surface area contributed by atoms with Crippen LogP contribution >= 0.6 is 0 Å². The van der Waals surface area contributed by atoms with Gasteiger partial charge in [-0.15, -0.1) is 0 Å². The van der Waals surface area contributed by atoms with Gasteiger partial charge in [0.05, 0.1) is 22.9 Å². The average molecular weight is 493 g/mol. The van der Waals surface area contributed by atoms with E-state index in [1.165, 1.54) is 13.8 Å². The molecule has 0 fully saturated rings. The summed E-state index contributed by atoms with van der Waals surface area (Å²) < 4.78 is 71.6. The van der Waals surface area contributed by atoms with Gasteiger partial charge in [0, 0.05) is 18.2 Å². The van der Waals surface area contributed by atoms with Gasteiger partial charge in [0.1, 0.15) is 5.75 Å². The smallest absolute Gasteiger partial charge is 0.404 e. The Morgan fingerprint density at radius 3 is 2.38 bits per heavy atom. The van der Waals surface area contributed by atoms with E-state index in [4.69, 9.17) is 10.00 Å². The minimum atomic E-state index is -4.85. The lowest BCUT2D eigenvalue weighted by Gasteiger charge is -2.27. The first kappa shape index (κ1) is 25.3. The Labute approximate surface area is 195 Å². The number of nitrogens with one attached hydrogen (secondary N) is 1. The highest BCUT2D eigenvalue weighted by Gasteiger charge is 2.38. The highest BCUT2D eigenvalue weighted by Crippen LogP contribution is 2.31. The number of rotatable bonds is 8. The van der Waals surface area contributed by atoms with E-state index in [2.05, 4.69) is 9.82 Å². The molecule has 0 unspecified atom stereocenters. The molecule has 0 aliphatic heterocycles. The van der Waals surface area contributed by atoms with Gasteiger partial charge >= 0.3 is 6.18 Å². The number of hydrogen-bond acceptors (Lipinski definition) is 5. The van der Waals surface area contributed by atoms with Crippen molar-refractivity contribution in [3.63, 3.8) is 0 Å². The van der Waals surface area contributed by atoms with Crippen LogP contribution in [0.5, 0.6) is 11.6 Å². The van der Waals surface area contributed by atoms with E-state index in [1.54, 1.807) is 59.3 Å². The number of ether oxygens (including phenoxy) is 1. The Morgan fingerprint density at radius 1 is 1.12 bits per heavy atom. The SMILES string of the molecule is CCn1nc(-c2cccc(C(C)(C)NS(=O)(=O)CC(F)(F)F)c2)cc1Oc1ccc(C#N)cc1. The molecular weight excluding hydrogens is 469 g/mol. The molecule has 0 saturated carbocycles. The Bertz CT molecular complexity index is 1310. The van der Waals surface area contributed by atoms with Gasteiger partial charge < -0.3 is 4.74 Å². The number of halogens is 3. The first-order chi connectivity index (χ1) is 15.8. The molecule has 0 saturated heterocycles. The van der Waals surface area contributed by atoms with Crippen LogP contribution < -0.4 is 9.46 Å². The van der Waals surface area contributed by atoms with Gasteiger partial charge in [-0.05, 0) is 56.7 Å². The molecule has 0 radical (unpaired) electrons. The van der Waals surface area contributed by atoms with Crippen molar-refractivity contribution >= 4 is 10.0 Å². The number of sulfonamides is 1. The van der Waals surface area contributed by atoms with Gasteiger partial charge in [-0.3, -0.25) is 0 Å². The van der Waals surface area contributed by atoms with Gasteiger partial charge in [0.25, 0.3) is 0 Å². The molecule has 3 rings (SSSR count). The fourth-order valence-electron chi connectivity index (χ4n) is 3.33. The Hall–Kier alpha value is -3.36. The van der Waals surface area contributed by atoms with Crippen molar-refractivity contribution in [1.82, 2.24) is 14.5 Å². The highest BCUT2D eigenvalue weighted by atomic mass is 32.2. The lowest BCUT2D eigenvalue weighted by molar-refractivity contribution is -0.106. The van der Waals surface area contributed by atoms with Crippen molar-refractivity contribution in [3.05, 3.63) is 65.7 Å². The summed E-state index contributed by atoms with van der Waals surface area (Å²) in [6, 6.07) is 17.1. The van der Waals surface area contributed by atoms with Crippen molar-refractivity contribution in [1.29, 1.82) is 5.26 Å². The summed E-state index contributed by atoms with van der Waals surface area (Å²) in [7, 11) is -4.60. The molecule has 1 heterocycles. The van der Waals surface area contributed by atoms with Crippen LogP contribution in [0.25, 0.3) is 11.3 Å². The van der Waals surface area contributed by atoms with Crippen LogP contribution in [0, 0.1) is 11.3 Å². The van der Waals surface area contributed by atoms with Crippen molar-refractivity contribution in [2.24, 2.45) is 0 Å². The summed E-state index contributed by atoms with van der Waals surface area (Å²) in [5.41, 5.74) is 0.854. The average Bonchev–Trinajstić information content (AvgIpc) is 3.14. The van der Waals surface area contributed by atoms with Gasteiger partial charge in [-0.1, -0.05) is 18.2 Å². The largest absolute Gasteiger partial charge is 0.439 e. The van der Waals surface area contributed by atoms with Crippen LogP contribution in [-0.2, 0) is 22.1 Å². The van der Waals surface area contributed by atoms with Crippen molar-refractivity contribution in [2.75, 3.05) is 5.75 Å². The van der Waals surface area contributed by atoms with Crippen molar-refractivity contribution in [3.8, 4) is 29.0 Å². The molecule has 0 bridgehead atoms. The molecule has 0 aliphatic rings. The number of aryl methyl sites for hydroxylation is 1. The Morgan fingerprint density at radius 2 is 1.79 bits per heavy atom. The van der Waals surface area contributed by atoms with Gasteiger partial charge in [-0.25, -0.2) is 17.8 Å². The molecule has 34 heavy (non-hydrogen) atoms. The summed E-state index contributed by atoms with van der Waals surface area (Å²) in [6.07, 6.45) is -4.85. The van der Waals surface area contributed by atoms with Gasteiger partial charge in [-0.2, -0.15) is 23.5 Å². The van der Waals surface area contributed by atoms with E-state index >= 15 is 0 Å². The van der Waals surface area contributed by atoms with Crippen molar-refractivity contribution in [2.45, 2.75) is 39.0 Å². The van der Waals surface area contributed by atoms with E-state index in [1.807, 2.05) is 13.0 Å². The van der Waals surface area contributed by atoms with Crippen LogP contribution in [0.3, 0.4) is 0 Å². The molecule has 1 aromatic heterocycles. The van der Waals surface area contributed by atoms with E-state index in [0.29, 0.717) is 40.6 Å². The molecule has 0 atom stereocenters. The van der Waals surface area contributed by atoms with Crippen LogP contribution in [-0.4, -0.2) is 30.1 Å². The maximum atomic E-state index is 12.6. The second kappa shape index (κ2) is 9.48. The van der Waals surface area contributed by atoms with Crippen LogP contribution in [0.4, 0.5) is 13.2 Å². The Kier molecular flexibility index (Phi) is 7.05. The quantitative estimate of drug-likeness (QED) is 0.480. The molecule has 11 heteroatoms. The second-order valence-corrected chi connectivity index (χ2v) is 9.83. The third-order valence-electron chi connectivity index (χ3n) is 4.89. The van der Waals surface area contributed by atoms with Gasteiger partial charge in [0.15, 0.2) is 5.75 Å². The topological polar surface area (TPSA) is 97.0 Å². The molecule has 7 nitrogen and oxygen atoms in total. The third-order valence-corrected chi connectivity index (χ3v) is 6.42. The fourth-order valence-corrected chi connectivity index (χ4v) is 4.73. The van der Waals surface area contributed by atoms with E-state index < -0.39 is 27.5 Å². The zero-order valence-corrected chi connectivity index (χ0v) is 19.5. The maximum absolute atomic E-state index is 12.6. The standard InChI is InChI=1S/C23H23F3N4O3S/c1-4-30-21(33-19-10-8-16(14-27)9-11-19)13-20(28-30)17-6-5-7-18(12-17)22(2,3)29-34(31,32)15-23(24,25)26/h5-13,29H,4,15H2,1-3H3. The second-order valence-electron chi connectivity index (χ2n) is 8.10. The molecule has 2 aromatic carbocycles. The number of aromatic nitrogens is 2. The lowest BCUT2D eigenvalue weighted by atomic mass is 9.93. The summed E-state index contributed by atoms with van der Waals surface area (Å²) in [4.78, 5) is 0. The Balaban J connectivity index is 1.88. The number of nitriles is 1. The fraction of sp³-hybridized carbons (Fsp3) is 0.304. The summed E-state index contributed by atoms with van der Waals surface area (Å²) in [5.74, 6) is -0.980. The predicted molar refractivity (Wildman–Crippen MR) is 121 cm³/mol. The number of benzene rings is 2. The monoisotopic (exact) mass is 492 g/mol. The first-order valence-electron chi connectivity index (χ1n) is 10.3. The normalized spacial score (nSPS) is 12.4. The van der Waals surface area contributed by atoms with Gasteiger partial charge in [0.2, 0.25) is 15.9 Å². The number of nitrogens with zero attached hydrogens (tertiary/aromatic N) is 3. The zero-order chi connectivity index (χ0) is 25.1. The predicted octanol–water partition coefficient (Wildman–Crippen LogP) is 4.95. The summed E-state index contributed by atoms with van der Waals surface area (Å²) in [5, 5.41) is 13.5. The van der Waals surface area contributed by atoms with E-state index in [0.717, 1.165) is 0 Å². The number of alkyl halides is 3. The zero-order valence-electron chi connectivity index (χ0n) is 18.7. The highest BCUT2D eigenvalue weighted by molar-refractivity contribution is 7.89. The molecule has 0 amide bonds. The lowest BCUT2D eigenvalue weighted by Crippen LogP contribution is -2.44. The molecule has 3 aromatic rings. The van der Waals surface area contributed by atoms with Crippen LogP contribution in [0.1, 0.15) is 31.9 Å². The molecule has 0 aliphatic carbocycles. The minimum Gasteiger partial charge on any atom is -0.439 e. The third kappa shape index (κ3) is 6.36. The molecule has 180 valence electrons. The maximum Gasteiger partial charge on any atom is 0.404 e. The molecule has 0 spiro atoms. The summed E-state index contributed by atoms with van der Waals surface area (Å²) in [6.45, 7) is 5.37. The first-order valence-corrected chi connectivity index (χ1v) is 11.9. The van der Waals surface area contributed by atoms with Crippen LogP contribution in [0.15, 0.2) is 54.6 Å². The van der Waals surface area contributed by atoms with Crippen molar-refractivity contribution < 1.29 is 26.3 Å². The molecule has 1 N–H and O–H groups in total. The molecular formula is C23H23F3N4O3S. The van der Waals surface area contributed by atoms with E-state index in [9.17, 15) is 21.6 Å². The summed E-state index contributed by atoms with van der Waals surface area (Å²) >= 11 is 0. The number of hydrogen-bond donors (Lipinski definition) is 1.